The fraction of sp³-hybridized carbons (Fsp3) is 0.984. The van der Waals surface area contributed by atoms with Gasteiger partial charge in [0.05, 0.1) is 26.4 Å². The number of hydrogen-bond donors (Lipinski definition) is 3. The van der Waals surface area contributed by atoms with Crippen molar-refractivity contribution in [3.8, 4) is 0 Å². The Hall–Kier alpha value is -0.540. The molecule has 3 atom stereocenters. The number of hydrogen-bond acceptors (Lipinski definition) is 8. The number of phosphoric ester groups is 1. The Morgan fingerprint density at radius 1 is 0.370 bits per heavy atom. The van der Waals surface area contributed by atoms with Gasteiger partial charge in [-0.2, -0.15) is 0 Å². The second-order valence-corrected chi connectivity index (χ2v) is 24.0. The standard InChI is InChI=1S/C63H127O9P/c1-3-5-7-9-11-13-15-17-19-21-22-23-24-25-26-27-28-29-30-31-32-33-34-35-36-37-38-39-40-41-43-45-47-49-51-53-55-63(66)72-62(60-71-73(67,68)70-58-61(65)57-64)59-69-56-54-52-50-48-46-44-42-20-18-16-14-12-10-8-6-4-2/h61-62,64-65H,3-60H2,1-2H3,(H,67,68)/t61-,62+/m0/s1. The second kappa shape index (κ2) is 60.7. The molecular formula is C63H127O9P. The first-order valence-corrected chi connectivity index (χ1v) is 34.0. The van der Waals surface area contributed by atoms with E-state index in [0.29, 0.717) is 6.61 Å². The molecule has 0 saturated heterocycles. The van der Waals surface area contributed by atoms with Gasteiger partial charge in [-0.05, 0) is 12.8 Å². The molecule has 0 amide bonds. The van der Waals surface area contributed by atoms with Crippen molar-refractivity contribution in [1.29, 1.82) is 0 Å². The lowest BCUT2D eigenvalue weighted by molar-refractivity contribution is -0.154. The van der Waals surface area contributed by atoms with Crippen molar-refractivity contribution in [1.82, 2.24) is 0 Å². The fourth-order valence-electron chi connectivity index (χ4n) is 10.1. The summed E-state index contributed by atoms with van der Waals surface area (Å²) >= 11 is 0. The van der Waals surface area contributed by atoms with Crippen LogP contribution in [0.4, 0.5) is 0 Å². The average molecular weight is 1060 g/mol. The van der Waals surface area contributed by atoms with E-state index >= 15 is 0 Å². The van der Waals surface area contributed by atoms with Gasteiger partial charge in [0.25, 0.3) is 0 Å². The Bertz CT molecular complexity index is 1110. The van der Waals surface area contributed by atoms with Gasteiger partial charge >= 0.3 is 13.8 Å². The minimum absolute atomic E-state index is 0.0590. The lowest BCUT2D eigenvalue weighted by Crippen LogP contribution is -2.29. The molecule has 3 N–H and O–H groups in total. The maximum absolute atomic E-state index is 12.7. The average Bonchev–Trinajstić information content (AvgIpc) is 3.38. The zero-order valence-electron chi connectivity index (χ0n) is 48.9. The van der Waals surface area contributed by atoms with Gasteiger partial charge < -0.3 is 24.6 Å². The van der Waals surface area contributed by atoms with E-state index in [-0.39, 0.29) is 25.6 Å². The highest BCUT2D eigenvalue weighted by Gasteiger charge is 2.26. The SMILES string of the molecule is CCCCCCCCCCCCCCCCCCCCCCCCCCCCCCCCCCCCCCC(=O)O[C@H](COCCCCCCCCCCCCCCCCCC)COP(=O)(O)OC[C@@H](O)CO. The lowest BCUT2D eigenvalue weighted by atomic mass is 10.0. The molecule has 0 fully saturated rings. The van der Waals surface area contributed by atoms with E-state index < -0.39 is 33.2 Å². The van der Waals surface area contributed by atoms with E-state index in [2.05, 4.69) is 13.8 Å². The molecule has 438 valence electrons. The first kappa shape index (κ1) is 72.5. The third-order valence-corrected chi connectivity index (χ3v) is 16.0. The summed E-state index contributed by atoms with van der Waals surface area (Å²) in [5.41, 5.74) is 0. The van der Waals surface area contributed by atoms with Crippen LogP contribution in [-0.4, -0.2) is 66.3 Å². The van der Waals surface area contributed by atoms with Gasteiger partial charge in [0, 0.05) is 13.0 Å². The monoisotopic (exact) mass is 1060 g/mol. The molecule has 10 heteroatoms. The molecule has 73 heavy (non-hydrogen) atoms. The maximum Gasteiger partial charge on any atom is 0.472 e. The molecule has 0 rings (SSSR count). The fourth-order valence-corrected chi connectivity index (χ4v) is 10.9. The molecule has 9 nitrogen and oxygen atoms in total. The van der Waals surface area contributed by atoms with Crippen molar-refractivity contribution in [3.05, 3.63) is 0 Å². The molecular weight excluding hydrogens is 932 g/mol. The van der Waals surface area contributed by atoms with E-state index in [0.717, 1.165) is 32.1 Å². The quantitative estimate of drug-likeness (QED) is 0.0309. The Morgan fingerprint density at radius 2 is 0.616 bits per heavy atom. The molecule has 1 unspecified atom stereocenters. The molecule has 0 spiro atoms. The van der Waals surface area contributed by atoms with Crippen molar-refractivity contribution in [3.63, 3.8) is 0 Å². The van der Waals surface area contributed by atoms with E-state index in [4.69, 9.17) is 23.6 Å². The number of unbranched alkanes of at least 4 members (excludes halogenated alkanes) is 50. The van der Waals surface area contributed by atoms with E-state index in [9.17, 15) is 19.4 Å². The highest BCUT2D eigenvalue weighted by atomic mass is 31.2. The molecule has 0 aliphatic rings. The van der Waals surface area contributed by atoms with Crippen LogP contribution in [-0.2, 0) is 27.9 Å². The number of carbonyl (C=O) groups is 1. The van der Waals surface area contributed by atoms with Gasteiger partial charge in [-0.25, -0.2) is 4.57 Å². The Balaban J connectivity index is 3.76. The third-order valence-electron chi connectivity index (χ3n) is 15.0. The number of aliphatic hydroxyl groups is 2. The van der Waals surface area contributed by atoms with Gasteiger partial charge in [0.2, 0.25) is 0 Å². The molecule has 0 aliphatic carbocycles. The zero-order chi connectivity index (χ0) is 53.1. The van der Waals surface area contributed by atoms with Crippen LogP contribution in [0, 0.1) is 0 Å². The molecule has 0 aromatic heterocycles. The third kappa shape index (κ3) is 60.5. The van der Waals surface area contributed by atoms with Crippen molar-refractivity contribution in [2.24, 2.45) is 0 Å². The van der Waals surface area contributed by atoms with E-state index in [1.165, 1.54) is 302 Å². The maximum atomic E-state index is 12.7. The van der Waals surface area contributed by atoms with Crippen LogP contribution >= 0.6 is 7.82 Å². The highest BCUT2D eigenvalue weighted by Crippen LogP contribution is 2.43. The van der Waals surface area contributed by atoms with Crippen LogP contribution in [0.2, 0.25) is 0 Å². The molecule has 0 bridgehead atoms. The summed E-state index contributed by atoms with van der Waals surface area (Å²) in [6.07, 6.45) is 68.5. The second-order valence-electron chi connectivity index (χ2n) is 22.5. The van der Waals surface area contributed by atoms with Crippen LogP contribution in [0.5, 0.6) is 0 Å². The first-order valence-electron chi connectivity index (χ1n) is 32.5. The van der Waals surface area contributed by atoms with E-state index in [1.54, 1.807) is 0 Å². The number of ether oxygens (including phenoxy) is 2. The first-order chi connectivity index (χ1) is 35.8. The van der Waals surface area contributed by atoms with Crippen molar-refractivity contribution < 1.29 is 43.0 Å². The molecule has 0 heterocycles. The Labute approximate surface area is 454 Å². The smallest absolute Gasteiger partial charge is 0.457 e. The normalized spacial score (nSPS) is 13.4. The minimum Gasteiger partial charge on any atom is -0.457 e. The van der Waals surface area contributed by atoms with Gasteiger partial charge in [-0.1, -0.05) is 335 Å². The van der Waals surface area contributed by atoms with Crippen molar-refractivity contribution >= 4 is 13.8 Å². The zero-order valence-corrected chi connectivity index (χ0v) is 49.8. The number of rotatable bonds is 64. The number of esters is 1. The van der Waals surface area contributed by atoms with Crippen LogP contribution in [0.1, 0.15) is 354 Å². The molecule has 0 radical (unpaired) electrons. The summed E-state index contributed by atoms with van der Waals surface area (Å²) < 4.78 is 33.7. The van der Waals surface area contributed by atoms with Crippen molar-refractivity contribution in [2.75, 3.05) is 33.0 Å². The van der Waals surface area contributed by atoms with Gasteiger partial charge in [-0.15, -0.1) is 0 Å². The minimum atomic E-state index is -4.52. The van der Waals surface area contributed by atoms with Gasteiger partial charge in [0.15, 0.2) is 0 Å². The number of phosphoric acid groups is 1. The predicted molar refractivity (Wildman–Crippen MR) is 312 cm³/mol. The van der Waals surface area contributed by atoms with Crippen LogP contribution in [0.25, 0.3) is 0 Å². The Morgan fingerprint density at radius 3 is 0.890 bits per heavy atom. The number of carbonyl (C=O) groups excluding carboxylic acids is 1. The molecule has 0 aromatic rings. The summed E-state index contributed by atoms with van der Waals surface area (Å²) in [6.45, 7) is 3.62. The van der Waals surface area contributed by atoms with Crippen LogP contribution in [0.3, 0.4) is 0 Å². The summed E-state index contributed by atoms with van der Waals surface area (Å²) in [5, 5.41) is 18.5. The van der Waals surface area contributed by atoms with Gasteiger partial charge in [-0.3, -0.25) is 13.8 Å². The Kier molecular flexibility index (Phi) is 60.2. The lowest BCUT2D eigenvalue weighted by Gasteiger charge is -2.20. The molecule has 0 aromatic carbocycles. The largest absolute Gasteiger partial charge is 0.472 e. The van der Waals surface area contributed by atoms with E-state index in [1.807, 2.05) is 0 Å². The summed E-state index contributed by atoms with van der Waals surface area (Å²) in [7, 11) is -4.52. The van der Waals surface area contributed by atoms with Crippen LogP contribution < -0.4 is 0 Å². The number of aliphatic hydroxyl groups excluding tert-OH is 2. The van der Waals surface area contributed by atoms with Crippen molar-refractivity contribution in [2.45, 2.75) is 366 Å². The highest BCUT2D eigenvalue weighted by molar-refractivity contribution is 7.47. The summed E-state index contributed by atoms with van der Waals surface area (Å²) in [4.78, 5) is 22.8. The molecule has 0 saturated carbocycles. The van der Waals surface area contributed by atoms with Crippen LogP contribution in [0.15, 0.2) is 0 Å². The van der Waals surface area contributed by atoms with Gasteiger partial charge in [0.1, 0.15) is 12.2 Å². The topological polar surface area (TPSA) is 132 Å². The molecule has 0 aliphatic heterocycles. The predicted octanol–water partition coefficient (Wildman–Crippen LogP) is 20.1. The summed E-state index contributed by atoms with van der Waals surface area (Å²) in [5.74, 6) is -0.370. The summed E-state index contributed by atoms with van der Waals surface area (Å²) in [6, 6.07) is 0.